The summed E-state index contributed by atoms with van der Waals surface area (Å²) >= 11 is 0. The fraction of sp³-hybridized carbons (Fsp3) is 0.300. The van der Waals surface area contributed by atoms with Crippen molar-refractivity contribution in [2.45, 2.75) is 18.2 Å². The number of nitrogens with zero attached hydrogens (tertiary/aromatic N) is 1. The van der Waals surface area contributed by atoms with Crippen molar-refractivity contribution in [3.8, 4) is 0 Å². The molecular formula is C20H18N2O4. The quantitative estimate of drug-likeness (QED) is 0.858. The molecule has 1 aromatic heterocycles. The fourth-order valence-electron chi connectivity index (χ4n) is 4.35. The number of benzene rings is 1. The van der Waals surface area contributed by atoms with Crippen molar-refractivity contribution in [3.05, 3.63) is 66.6 Å². The smallest absolute Gasteiger partial charge is 0.231 e. The Morgan fingerprint density at radius 3 is 2.85 bits per heavy atom. The van der Waals surface area contributed by atoms with Crippen molar-refractivity contribution in [1.29, 1.82) is 0 Å². The van der Waals surface area contributed by atoms with Crippen LogP contribution < -0.4 is 5.32 Å². The Morgan fingerprint density at radius 1 is 1.23 bits per heavy atom. The van der Waals surface area contributed by atoms with Crippen molar-refractivity contribution < 1.29 is 18.7 Å². The first kappa shape index (κ1) is 15.4. The Morgan fingerprint density at radius 2 is 2.08 bits per heavy atom. The summed E-state index contributed by atoms with van der Waals surface area (Å²) < 4.78 is 11.5. The summed E-state index contributed by atoms with van der Waals surface area (Å²) in [6.07, 6.45) is 5.11. The van der Waals surface area contributed by atoms with E-state index in [2.05, 4.69) is 5.32 Å². The molecule has 132 valence electrons. The summed E-state index contributed by atoms with van der Waals surface area (Å²) in [4.78, 5) is 27.7. The van der Waals surface area contributed by atoms with Gasteiger partial charge in [-0.15, -0.1) is 0 Å². The summed E-state index contributed by atoms with van der Waals surface area (Å²) in [5.41, 5.74) is 0.0173. The highest BCUT2D eigenvalue weighted by Crippen LogP contribution is 2.52. The Labute approximate surface area is 150 Å². The largest absolute Gasteiger partial charge is 0.467 e. The topological polar surface area (TPSA) is 71.8 Å². The van der Waals surface area contributed by atoms with E-state index in [1.165, 1.54) is 0 Å². The van der Waals surface area contributed by atoms with Gasteiger partial charge in [-0.1, -0.05) is 30.4 Å². The van der Waals surface area contributed by atoms with E-state index in [1.54, 1.807) is 17.2 Å². The molecule has 2 bridgehead atoms. The summed E-state index contributed by atoms with van der Waals surface area (Å²) in [6, 6.07) is 12.9. The number of furan rings is 1. The van der Waals surface area contributed by atoms with Crippen molar-refractivity contribution in [3.63, 3.8) is 0 Å². The number of hydrogen-bond donors (Lipinski definition) is 1. The van der Waals surface area contributed by atoms with Crippen LogP contribution >= 0.6 is 0 Å². The number of hydrogen-bond acceptors (Lipinski definition) is 4. The molecule has 5 rings (SSSR count). The van der Waals surface area contributed by atoms with E-state index in [0.29, 0.717) is 13.1 Å². The summed E-state index contributed by atoms with van der Waals surface area (Å²) in [7, 11) is 0. The average molecular weight is 350 g/mol. The van der Waals surface area contributed by atoms with Crippen LogP contribution in [0.5, 0.6) is 0 Å². The molecule has 0 aliphatic carbocycles. The Hall–Kier alpha value is -2.86. The zero-order chi connectivity index (χ0) is 17.7. The highest BCUT2D eigenvalue weighted by atomic mass is 16.5. The van der Waals surface area contributed by atoms with Gasteiger partial charge in [0.05, 0.1) is 37.3 Å². The number of carbonyl (C=O) groups excluding carboxylic acids is 2. The zero-order valence-corrected chi connectivity index (χ0v) is 14.0. The lowest BCUT2D eigenvalue weighted by molar-refractivity contribution is -0.136. The van der Waals surface area contributed by atoms with Crippen molar-refractivity contribution >= 4 is 17.5 Å². The SMILES string of the molecule is O=C(Nc1ccccc1)[C@@H]1[C@@H]2C=C[C@]3(CN(Cc4ccco4)C(=O)[C@H]13)O2. The lowest BCUT2D eigenvalue weighted by Crippen LogP contribution is -2.41. The maximum absolute atomic E-state index is 13.1. The van der Waals surface area contributed by atoms with E-state index in [9.17, 15) is 9.59 Å². The number of fused-ring (bicyclic) bond motifs is 1. The van der Waals surface area contributed by atoms with Gasteiger partial charge in [0, 0.05) is 5.69 Å². The first-order chi connectivity index (χ1) is 12.7. The van der Waals surface area contributed by atoms with Crippen molar-refractivity contribution in [2.75, 3.05) is 11.9 Å². The minimum atomic E-state index is -0.701. The van der Waals surface area contributed by atoms with Gasteiger partial charge in [-0.3, -0.25) is 9.59 Å². The number of para-hydroxylation sites is 1. The lowest BCUT2D eigenvalue weighted by Gasteiger charge is -2.23. The maximum atomic E-state index is 13.1. The number of rotatable bonds is 4. The zero-order valence-electron chi connectivity index (χ0n) is 14.0. The Kier molecular flexibility index (Phi) is 3.30. The fourth-order valence-corrected chi connectivity index (χ4v) is 4.35. The second-order valence-corrected chi connectivity index (χ2v) is 7.03. The molecule has 6 heteroatoms. The maximum Gasteiger partial charge on any atom is 0.231 e. The monoisotopic (exact) mass is 350 g/mol. The van der Waals surface area contributed by atoms with Crippen molar-refractivity contribution in [2.24, 2.45) is 11.8 Å². The van der Waals surface area contributed by atoms with Crippen LogP contribution in [0.4, 0.5) is 5.69 Å². The van der Waals surface area contributed by atoms with Crippen LogP contribution in [0.25, 0.3) is 0 Å². The third-order valence-corrected chi connectivity index (χ3v) is 5.45. The number of nitrogens with one attached hydrogen (secondary N) is 1. The standard InChI is InChI=1S/C20H18N2O4/c23-18(21-13-5-2-1-3-6-13)16-15-8-9-20(26-15)12-22(19(24)17(16)20)11-14-7-4-10-25-14/h1-10,15-17H,11-12H2,(H,21,23)/t15-,16+,17-,20+/m0/s1. The molecule has 0 saturated carbocycles. The van der Waals surface area contributed by atoms with Gasteiger partial charge >= 0.3 is 0 Å². The van der Waals surface area contributed by atoms with Gasteiger partial charge < -0.3 is 19.4 Å². The molecule has 1 aromatic carbocycles. The third kappa shape index (κ3) is 2.22. The van der Waals surface area contributed by atoms with Crippen molar-refractivity contribution in [1.82, 2.24) is 4.90 Å². The molecule has 0 radical (unpaired) electrons. The van der Waals surface area contributed by atoms with Crippen LogP contribution in [0.1, 0.15) is 5.76 Å². The number of amides is 2. The van der Waals surface area contributed by atoms with Gasteiger partial charge in [0.25, 0.3) is 0 Å². The van der Waals surface area contributed by atoms with Crippen LogP contribution in [0.3, 0.4) is 0 Å². The van der Waals surface area contributed by atoms with E-state index < -0.39 is 17.4 Å². The van der Waals surface area contributed by atoms with Gasteiger partial charge in [-0.05, 0) is 24.3 Å². The van der Waals surface area contributed by atoms with Crippen LogP contribution in [0.15, 0.2) is 65.3 Å². The Bertz CT molecular complexity index is 876. The predicted molar refractivity (Wildman–Crippen MR) is 92.9 cm³/mol. The third-order valence-electron chi connectivity index (χ3n) is 5.45. The summed E-state index contributed by atoms with van der Waals surface area (Å²) in [5.74, 6) is -0.517. The minimum absolute atomic E-state index is 0.0542. The normalized spacial score (nSPS) is 31.5. The minimum Gasteiger partial charge on any atom is -0.467 e. The molecule has 3 aliphatic rings. The predicted octanol–water partition coefficient (Wildman–Crippen LogP) is 2.20. The van der Waals surface area contributed by atoms with Crippen LogP contribution in [-0.2, 0) is 20.9 Å². The van der Waals surface area contributed by atoms with E-state index in [4.69, 9.17) is 9.15 Å². The molecule has 2 amide bonds. The second kappa shape index (κ2) is 5.57. The molecule has 2 aromatic rings. The molecule has 6 nitrogen and oxygen atoms in total. The van der Waals surface area contributed by atoms with E-state index >= 15 is 0 Å². The molecule has 2 fully saturated rings. The molecule has 1 spiro atoms. The average Bonchev–Trinajstić information content (AvgIpc) is 3.39. The van der Waals surface area contributed by atoms with Gasteiger partial charge in [0.2, 0.25) is 11.8 Å². The van der Waals surface area contributed by atoms with Crippen LogP contribution in [0, 0.1) is 11.8 Å². The number of ether oxygens (including phenoxy) is 1. The van der Waals surface area contributed by atoms with Gasteiger partial charge in [-0.25, -0.2) is 0 Å². The molecule has 3 aliphatic heterocycles. The molecule has 4 atom stereocenters. The summed E-state index contributed by atoms with van der Waals surface area (Å²) in [6.45, 7) is 0.832. The number of likely N-dealkylation sites (tertiary alicyclic amines) is 1. The molecule has 2 saturated heterocycles. The lowest BCUT2D eigenvalue weighted by atomic mass is 9.77. The van der Waals surface area contributed by atoms with E-state index in [0.717, 1.165) is 11.4 Å². The Balaban J connectivity index is 1.40. The van der Waals surface area contributed by atoms with Gasteiger partial charge in [0.1, 0.15) is 11.4 Å². The number of carbonyl (C=O) groups is 2. The molecular weight excluding hydrogens is 332 g/mol. The van der Waals surface area contributed by atoms with E-state index in [1.807, 2.05) is 48.6 Å². The number of anilines is 1. The molecule has 0 unspecified atom stereocenters. The first-order valence-electron chi connectivity index (χ1n) is 8.71. The van der Waals surface area contributed by atoms with Gasteiger partial charge in [-0.2, -0.15) is 0 Å². The highest BCUT2D eigenvalue weighted by Gasteiger charge is 2.66. The first-order valence-corrected chi connectivity index (χ1v) is 8.71. The van der Waals surface area contributed by atoms with Gasteiger partial charge in [0.15, 0.2) is 0 Å². The summed E-state index contributed by atoms with van der Waals surface area (Å²) in [5, 5.41) is 2.92. The second-order valence-electron chi connectivity index (χ2n) is 7.03. The van der Waals surface area contributed by atoms with Crippen LogP contribution in [0.2, 0.25) is 0 Å². The van der Waals surface area contributed by atoms with Crippen LogP contribution in [-0.4, -0.2) is 35.0 Å². The highest BCUT2D eigenvalue weighted by molar-refractivity contribution is 5.99. The van der Waals surface area contributed by atoms with E-state index in [-0.39, 0.29) is 17.9 Å². The molecule has 4 heterocycles. The molecule has 1 N–H and O–H groups in total. The molecule has 26 heavy (non-hydrogen) atoms.